The van der Waals surface area contributed by atoms with Crippen LogP contribution in [0.4, 0.5) is 0 Å². The first-order valence-electron chi connectivity index (χ1n) is 6.61. The number of rotatable bonds is 5. The van der Waals surface area contributed by atoms with Crippen LogP contribution in [0.25, 0.3) is 6.08 Å². The highest BCUT2D eigenvalue weighted by molar-refractivity contribution is 5.95. The summed E-state index contributed by atoms with van der Waals surface area (Å²) >= 11 is 0. The highest BCUT2D eigenvalue weighted by Gasteiger charge is 2.08. The molecule has 21 heavy (non-hydrogen) atoms. The van der Waals surface area contributed by atoms with Crippen LogP contribution >= 0.6 is 0 Å². The van der Waals surface area contributed by atoms with Gasteiger partial charge in [0, 0.05) is 30.1 Å². The number of esters is 1. The van der Waals surface area contributed by atoms with Gasteiger partial charge in [0.15, 0.2) is 5.78 Å². The fourth-order valence-corrected chi connectivity index (χ4v) is 2.00. The van der Waals surface area contributed by atoms with Gasteiger partial charge in [-0.25, -0.2) is 4.79 Å². The molecule has 2 rings (SSSR count). The maximum atomic E-state index is 11.5. The zero-order valence-corrected chi connectivity index (χ0v) is 12.1. The molecule has 2 aromatic rings. The van der Waals surface area contributed by atoms with E-state index in [0.29, 0.717) is 12.1 Å². The smallest absolute Gasteiger partial charge is 0.330 e. The van der Waals surface area contributed by atoms with E-state index in [-0.39, 0.29) is 5.78 Å². The third-order valence-corrected chi connectivity index (χ3v) is 3.12. The van der Waals surface area contributed by atoms with Crippen molar-refractivity contribution in [2.75, 3.05) is 7.11 Å². The van der Waals surface area contributed by atoms with Gasteiger partial charge in [0.1, 0.15) is 0 Å². The molecule has 0 bridgehead atoms. The lowest BCUT2D eigenvalue weighted by molar-refractivity contribution is -0.134. The Labute approximate surface area is 123 Å². The second kappa shape index (κ2) is 6.70. The van der Waals surface area contributed by atoms with E-state index in [1.165, 1.54) is 20.1 Å². The van der Waals surface area contributed by atoms with Crippen LogP contribution in [0, 0.1) is 0 Å². The predicted octanol–water partition coefficient (Wildman–Crippen LogP) is 2.93. The molecule has 0 saturated carbocycles. The average Bonchev–Trinajstić information content (AvgIpc) is 2.89. The lowest BCUT2D eigenvalue weighted by Gasteiger charge is -2.06. The predicted molar refractivity (Wildman–Crippen MR) is 81.0 cm³/mol. The van der Waals surface area contributed by atoms with E-state index in [1.54, 1.807) is 18.3 Å². The number of hydrogen-bond acceptors (Lipinski definition) is 3. The maximum Gasteiger partial charge on any atom is 0.330 e. The standard InChI is InChI=1S/C17H17NO3/c1-13(19)15-10-16(8-9-17(20)21-2)18(12-15)11-14-6-4-3-5-7-14/h3-10,12H,11H2,1-2H3/b9-8+. The summed E-state index contributed by atoms with van der Waals surface area (Å²) < 4.78 is 6.52. The number of aromatic nitrogens is 1. The van der Waals surface area contributed by atoms with Gasteiger partial charge >= 0.3 is 5.97 Å². The number of methoxy groups -OCH3 is 1. The van der Waals surface area contributed by atoms with Crippen molar-refractivity contribution in [2.45, 2.75) is 13.5 Å². The molecule has 4 nitrogen and oxygen atoms in total. The Morgan fingerprint density at radius 2 is 1.95 bits per heavy atom. The molecule has 0 spiro atoms. The van der Waals surface area contributed by atoms with Gasteiger partial charge in [-0.05, 0) is 24.6 Å². The maximum absolute atomic E-state index is 11.5. The summed E-state index contributed by atoms with van der Waals surface area (Å²) in [5.41, 5.74) is 2.53. The molecule has 0 radical (unpaired) electrons. The number of benzene rings is 1. The fraction of sp³-hybridized carbons (Fsp3) is 0.176. The Morgan fingerprint density at radius 3 is 2.57 bits per heavy atom. The van der Waals surface area contributed by atoms with E-state index in [9.17, 15) is 9.59 Å². The third kappa shape index (κ3) is 3.92. The summed E-state index contributed by atoms with van der Waals surface area (Å²) in [6.45, 7) is 2.16. The van der Waals surface area contributed by atoms with Crippen LogP contribution in [-0.2, 0) is 16.1 Å². The molecular weight excluding hydrogens is 266 g/mol. The average molecular weight is 283 g/mol. The van der Waals surface area contributed by atoms with Gasteiger partial charge in [-0.15, -0.1) is 0 Å². The highest BCUT2D eigenvalue weighted by atomic mass is 16.5. The van der Waals surface area contributed by atoms with Crippen LogP contribution in [0.2, 0.25) is 0 Å². The number of Topliss-reactive ketones (excluding diaryl/α,β-unsaturated/α-hetero) is 1. The Balaban J connectivity index is 2.31. The van der Waals surface area contributed by atoms with Crippen LogP contribution in [0.3, 0.4) is 0 Å². The Kier molecular flexibility index (Phi) is 4.72. The molecular formula is C17H17NO3. The first-order valence-corrected chi connectivity index (χ1v) is 6.61. The van der Waals surface area contributed by atoms with Gasteiger partial charge in [0.2, 0.25) is 0 Å². The van der Waals surface area contributed by atoms with Gasteiger partial charge in [-0.2, -0.15) is 0 Å². The Hall–Kier alpha value is -2.62. The lowest BCUT2D eigenvalue weighted by Crippen LogP contribution is -2.01. The van der Waals surface area contributed by atoms with Crippen molar-refractivity contribution >= 4 is 17.8 Å². The van der Waals surface area contributed by atoms with Crippen LogP contribution in [-0.4, -0.2) is 23.4 Å². The van der Waals surface area contributed by atoms with Crippen molar-refractivity contribution in [3.63, 3.8) is 0 Å². The number of ketones is 1. The zero-order valence-electron chi connectivity index (χ0n) is 12.1. The van der Waals surface area contributed by atoms with E-state index < -0.39 is 5.97 Å². The molecule has 1 heterocycles. The van der Waals surface area contributed by atoms with Crippen LogP contribution in [0.1, 0.15) is 28.5 Å². The molecule has 0 amide bonds. The van der Waals surface area contributed by atoms with E-state index in [4.69, 9.17) is 0 Å². The fourth-order valence-electron chi connectivity index (χ4n) is 2.00. The summed E-state index contributed by atoms with van der Waals surface area (Å²) in [7, 11) is 1.33. The van der Waals surface area contributed by atoms with E-state index in [1.807, 2.05) is 34.9 Å². The normalized spacial score (nSPS) is 10.8. The molecule has 0 saturated heterocycles. The summed E-state index contributed by atoms with van der Waals surface area (Å²) in [6, 6.07) is 11.7. The summed E-state index contributed by atoms with van der Waals surface area (Å²) in [4.78, 5) is 22.7. The van der Waals surface area contributed by atoms with Crippen molar-refractivity contribution < 1.29 is 14.3 Å². The molecule has 0 aliphatic heterocycles. The number of nitrogens with zero attached hydrogens (tertiary/aromatic N) is 1. The SMILES string of the molecule is COC(=O)/C=C/c1cc(C(C)=O)cn1Cc1ccccc1. The van der Waals surface area contributed by atoms with E-state index in [2.05, 4.69) is 4.74 Å². The minimum absolute atomic E-state index is 0.00507. The Morgan fingerprint density at radius 1 is 1.24 bits per heavy atom. The Bertz CT molecular complexity index is 669. The molecule has 0 aliphatic rings. The molecule has 108 valence electrons. The van der Waals surface area contributed by atoms with Crippen LogP contribution in [0.15, 0.2) is 48.7 Å². The molecule has 0 N–H and O–H groups in total. The minimum Gasteiger partial charge on any atom is -0.466 e. The second-order valence-electron chi connectivity index (χ2n) is 4.68. The number of carbonyl (C=O) groups excluding carboxylic acids is 2. The van der Waals surface area contributed by atoms with Crippen molar-refractivity contribution in [3.05, 3.63) is 65.5 Å². The van der Waals surface area contributed by atoms with E-state index >= 15 is 0 Å². The van der Waals surface area contributed by atoms with Crippen molar-refractivity contribution in [3.8, 4) is 0 Å². The quantitative estimate of drug-likeness (QED) is 0.481. The van der Waals surface area contributed by atoms with Gasteiger partial charge in [-0.1, -0.05) is 30.3 Å². The van der Waals surface area contributed by atoms with Crippen molar-refractivity contribution in [1.29, 1.82) is 0 Å². The van der Waals surface area contributed by atoms with Gasteiger partial charge in [0.25, 0.3) is 0 Å². The molecule has 0 aliphatic carbocycles. The second-order valence-corrected chi connectivity index (χ2v) is 4.68. The van der Waals surface area contributed by atoms with Crippen molar-refractivity contribution in [2.24, 2.45) is 0 Å². The molecule has 4 heteroatoms. The monoisotopic (exact) mass is 283 g/mol. The van der Waals surface area contributed by atoms with Crippen LogP contribution < -0.4 is 0 Å². The molecule has 0 atom stereocenters. The number of hydrogen-bond donors (Lipinski definition) is 0. The zero-order chi connectivity index (χ0) is 15.2. The van der Waals surface area contributed by atoms with Crippen LogP contribution in [0.5, 0.6) is 0 Å². The van der Waals surface area contributed by atoms with Gasteiger partial charge < -0.3 is 9.30 Å². The van der Waals surface area contributed by atoms with E-state index in [0.717, 1.165) is 11.3 Å². The molecule has 1 aromatic carbocycles. The third-order valence-electron chi connectivity index (χ3n) is 3.12. The van der Waals surface area contributed by atoms with Gasteiger partial charge in [-0.3, -0.25) is 4.79 Å². The minimum atomic E-state index is -0.424. The molecule has 0 fully saturated rings. The largest absolute Gasteiger partial charge is 0.466 e. The summed E-state index contributed by atoms with van der Waals surface area (Å²) in [5.74, 6) is -0.429. The first-order chi connectivity index (χ1) is 10.1. The molecule has 0 unspecified atom stereocenters. The number of carbonyl (C=O) groups is 2. The lowest BCUT2D eigenvalue weighted by atomic mass is 10.2. The molecule has 1 aromatic heterocycles. The summed E-state index contributed by atoms with van der Waals surface area (Å²) in [6.07, 6.45) is 4.80. The topological polar surface area (TPSA) is 48.3 Å². The van der Waals surface area contributed by atoms with Crippen molar-refractivity contribution in [1.82, 2.24) is 4.57 Å². The summed E-state index contributed by atoms with van der Waals surface area (Å²) in [5, 5.41) is 0. The highest BCUT2D eigenvalue weighted by Crippen LogP contribution is 2.14. The number of ether oxygens (including phenoxy) is 1. The van der Waals surface area contributed by atoms with Gasteiger partial charge in [0.05, 0.1) is 7.11 Å². The first kappa shape index (κ1) is 14.8.